The molecule has 2 aliphatic heterocycles. The van der Waals surface area contributed by atoms with Crippen LogP contribution < -0.4 is 10.1 Å². The number of benzene rings is 1. The highest BCUT2D eigenvalue weighted by atomic mass is 16.5. The Kier molecular flexibility index (Phi) is 3.36. The molecule has 0 spiro atoms. The third-order valence-electron chi connectivity index (χ3n) is 4.56. The van der Waals surface area contributed by atoms with Gasteiger partial charge in [0.15, 0.2) is 0 Å². The normalized spacial score (nSPS) is 27.5. The van der Waals surface area contributed by atoms with E-state index in [0.717, 1.165) is 29.7 Å². The first-order valence-electron chi connectivity index (χ1n) is 7.80. The fourth-order valence-corrected chi connectivity index (χ4v) is 3.58. The minimum absolute atomic E-state index is 0.355. The van der Waals surface area contributed by atoms with Crippen molar-refractivity contribution >= 4 is 0 Å². The molecule has 3 heterocycles. The van der Waals surface area contributed by atoms with Crippen molar-refractivity contribution in [3.63, 3.8) is 0 Å². The van der Waals surface area contributed by atoms with E-state index in [1.54, 1.807) is 6.20 Å². The largest absolute Gasteiger partial charge is 0.490 e. The van der Waals surface area contributed by atoms with Crippen LogP contribution in [0, 0.1) is 0 Å². The highest BCUT2D eigenvalue weighted by molar-refractivity contribution is 5.63. The van der Waals surface area contributed by atoms with Crippen LogP contribution in [-0.2, 0) is 0 Å². The van der Waals surface area contributed by atoms with E-state index < -0.39 is 0 Å². The molecule has 1 aromatic heterocycles. The number of nitrogens with one attached hydrogen (secondary N) is 1. The highest BCUT2D eigenvalue weighted by Gasteiger charge is 2.34. The van der Waals surface area contributed by atoms with E-state index in [4.69, 9.17) is 4.74 Å². The van der Waals surface area contributed by atoms with Crippen molar-refractivity contribution in [1.29, 1.82) is 0 Å². The number of rotatable bonds is 3. The van der Waals surface area contributed by atoms with Crippen LogP contribution in [0.4, 0.5) is 0 Å². The van der Waals surface area contributed by atoms with E-state index in [0.29, 0.717) is 18.2 Å². The third-order valence-corrected chi connectivity index (χ3v) is 4.56. The standard InChI is InChI=1S/C18H20N2O/c1-3-13(14-4-2-8-19-12-14)9-17(5-1)21-18-10-15-6-7-16(11-18)20-15/h1-5,8-9,12,15-16,18,20H,6-7,10-11H2/t15-,16+,18?. The molecule has 2 aromatic rings. The number of hydrogen-bond acceptors (Lipinski definition) is 3. The summed E-state index contributed by atoms with van der Waals surface area (Å²) in [5.74, 6) is 0.975. The maximum Gasteiger partial charge on any atom is 0.120 e. The molecule has 1 aromatic carbocycles. The second-order valence-corrected chi connectivity index (χ2v) is 6.12. The van der Waals surface area contributed by atoms with Gasteiger partial charge in [-0.05, 0) is 49.4 Å². The fourth-order valence-electron chi connectivity index (χ4n) is 3.58. The van der Waals surface area contributed by atoms with Gasteiger partial charge in [0.1, 0.15) is 11.9 Å². The van der Waals surface area contributed by atoms with Crippen molar-refractivity contribution in [1.82, 2.24) is 10.3 Å². The first kappa shape index (κ1) is 12.8. The Balaban J connectivity index is 1.51. The molecule has 2 fully saturated rings. The summed E-state index contributed by atoms with van der Waals surface area (Å²) in [5, 5.41) is 3.66. The molecule has 0 saturated carbocycles. The number of hydrogen-bond donors (Lipinski definition) is 1. The Bertz CT molecular complexity index is 602. The van der Waals surface area contributed by atoms with Gasteiger partial charge in [-0.2, -0.15) is 0 Å². The van der Waals surface area contributed by atoms with Crippen LogP contribution in [0.1, 0.15) is 25.7 Å². The lowest BCUT2D eigenvalue weighted by Gasteiger charge is -2.29. The van der Waals surface area contributed by atoms with Crippen LogP contribution in [0.15, 0.2) is 48.8 Å². The Morgan fingerprint density at radius 3 is 2.57 bits per heavy atom. The Labute approximate surface area is 125 Å². The lowest BCUT2D eigenvalue weighted by atomic mass is 10.0. The zero-order valence-corrected chi connectivity index (χ0v) is 12.0. The molecule has 0 aliphatic carbocycles. The van der Waals surface area contributed by atoms with Gasteiger partial charge in [-0.25, -0.2) is 0 Å². The monoisotopic (exact) mass is 280 g/mol. The molecule has 3 atom stereocenters. The van der Waals surface area contributed by atoms with Gasteiger partial charge >= 0.3 is 0 Å². The van der Waals surface area contributed by atoms with Crippen molar-refractivity contribution in [3.05, 3.63) is 48.8 Å². The van der Waals surface area contributed by atoms with Crippen molar-refractivity contribution < 1.29 is 4.74 Å². The van der Waals surface area contributed by atoms with Crippen LogP contribution in [0.3, 0.4) is 0 Å². The minimum Gasteiger partial charge on any atom is -0.490 e. The van der Waals surface area contributed by atoms with Crippen LogP contribution >= 0.6 is 0 Å². The van der Waals surface area contributed by atoms with Gasteiger partial charge in [0.05, 0.1) is 0 Å². The molecule has 3 heteroatoms. The predicted molar refractivity (Wildman–Crippen MR) is 83.3 cm³/mol. The first-order valence-corrected chi connectivity index (χ1v) is 7.80. The average Bonchev–Trinajstić information content (AvgIpc) is 2.87. The highest BCUT2D eigenvalue weighted by Crippen LogP contribution is 2.31. The molecule has 2 bridgehead atoms. The van der Waals surface area contributed by atoms with Crippen LogP contribution in [-0.4, -0.2) is 23.2 Å². The first-order chi connectivity index (χ1) is 10.4. The maximum absolute atomic E-state index is 6.24. The molecular weight excluding hydrogens is 260 g/mol. The summed E-state index contributed by atoms with van der Waals surface area (Å²) in [6.07, 6.45) is 8.92. The lowest BCUT2D eigenvalue weighted by molar-refractivity contribution is 0.137. The number of pyridine rings is 1. The van der Waals surface area contributed by atoms with E-state index in [-0.39, 0.29) is 0 Å². The van der Waals surface area contributed by atoms with Gasteiger partial charge in [-0.15, -0.1) is 0 Å². The van der Waals surface area contributed by atoms with E-state index >= 15 is 0 Å². The molecule has 108 valence electrons. The van der Waals surface area contributed by atoms with Gasteiger partial charge in [0.2, 0.25) is 0 Å². The summed E-state index contributed by atoms with van der Waals surface area (Å²) in [7, 11) is 0. The summed E-state index contributed by atoms with van der Waals surface area (Å²) in [6.45, 7) is 0. The van der Waals surface area contributed by atoms with Crippen molar-refractivity contribution in [2.75, 3.05) is 0 Å². The fraction of sp³-hybridized carbons (Fsp3) is 0.389. The zero-order valence-electron chi connectivity index (χ0n) is 12.0. The van der Waals surface area contributed by atoms with Gasteiger partial charge in [0.25, 0.3) is 0 Å². The second-order valence-electron chi connectivity index (χ2n) is 6.12. The number of aromatic nitrogens is 1. The number of fused-ring (bicyclic) bond motifs is 2. The average molecular weight is 280 g/mol. The SMILES string of the molecule is c1cncc(-c2cccc(OC3C[C@H]4CC[C@@H](C3)N4)c2)c1. The second kappa shape index (κ2) is 5.49. The molecule has 2 saturated heterocycles. The van der Waals surface area contributed by atoms with Crippen LogP contribution in [0.5, 0.6) is 5.75 Å². The molecule has 4 rings (SSSR count). The smallest absolute Gasteiger partial charge is 0.120 e. The number of ether oxygens (including phenoxy) is 1. The Morgan fingerprint density at radius 2 is 1.81 bits per heavy atom. The Hall–Kier alpha value is -1.87. The van der Waals surface area contributed by atoms with Crippen LogP contribution in [0.25, 0.3) is 11.1 Å². The van der Waals surface area contributed by atoms with Gasteiger partial charge in [-0.1, -0.05) is 18.2 Å². The summed E-state index contributed by atoms with van der Waals surface area (Å²) in [6, 6.07) is 13.7. The maximum atomic E-state index is 6.24. The minimum atomic E-state index is 0.355. The van der Waals surface area contributed by atoms with E-state index in [1.807, 2.05) is 12.3 Å². The summed E-state index contributed by atoms with van der Waals surface area (Å²) < 4.78 is 6.24. The van der Waals surface area contributed by atoms with Gasteiger partial charge in [-0.3, -0.25) is 4.98 Å². The lowest BCUT2D eigenvalue weighted by Crippen LogP contribution is -2.42. The topological polar surface area (TPSA) is 34.1 Å². The van der Waals surface area contributed by atoms with E-state index in [2.05, 4.69) is 40.6 Å². The molecule has 3 nitrogen and oxygen atoms in total. The summed E-state index contributed by atoms with van der Waals surface area (Å²) >= 11 is 0. The molecular formula is C18H20N2O. The molecule has 21 heavy (non-hydrogen) atoms. The molecule has 0 amide bonds. The van der Waals surface area contributed by atoms with E-state index in [9.17, 15) is 0 Å². The van der Waals surface area contributed by atoms with Gasteiger partial charge in [0, 0.05) is 30.0 Å². The van der Waals surface area contributed by atoms with Crippen molar-refractivity contribution in [3.8, 4) is 16.9 Å². The van der Waals surface area contributed by atoms with Gasteiger partial charge < -0.3 is 10.1 Å². The molecule has 0 radical (unpaired) electrons. The van der Waals surface area contributed by atoms with Crippen LogP contribution in [0.2, 0.25) is 0 Å². The Morgan fingerprint density at radius 1 is 1.00 bits per heavy atom. The van der Waals surface area contributed by atoms with Crippen molar-refractivity contribution in [2.45, 2.75) is 43.9 Å². The number of nitrogens with zero attached hydrogens (tertiary/aromatic N) is 1. The quantitative estimate of drug-likeness (QED) is 0.935. The summed E-state index contributed by atoms with van der Waals surface area (Å²) in [5.41, 5.74) is 2.30. The molecule has 1 N–H and O–H groups in total. The predicted octanol–water partition coefficient (Wildman–Crippen LogP) is 3.41. The third kappa shape index (κ3) is 2.79. The number of piperidine rings is 1. The molecule has 2 aliphatic rings. The van der Waals surface area contributed by atoms with Crippen molar-refractivity contribution in [2.24, 2.45) is 0 Å². The molecule has 1 unspecified atom stereocenters. The van der Waals surface area contributed by atoms with E-state index in [1.165, 1.54) is 12.8 Å². The summed E-state index contributed by atoms with van der Waals surface area (Å²) in [4.78, 5) is 4.19. The zero-order chi connectivity index (χ0) is 14.1.